The van der Waals surface area contributed by atoms with Crippen LogP contribution < -0.4 is 10.5 Å². The predicted octanol–water partition coefficient (Wildman–Crippen LogP) is 4.29. The lowest BCUT2D eigenvalue weighted by atomic mass is 10.1. The molecule has 2 nitrogen and oxygen atoms in total. The van der Waals surface area contributed by atoms with E-state index in [1.54, 1.807) is 12.1 Å². The van der Waals surface area contributed by atoms with Gasteiger partial charge in [0.15, 0.2) is 0 Å². The highest BCUT2D eigenvalue weighted by Gasteiger charge is 2.09. The molecule has 0 heterocycles. The van der Waals surface area contributed by atoms with Gasteiger partial charge in [-0.25, -0.2) is 4.39 Å². The molecule has 4 heteroatoms. The first-order valence-corrected chi connectivity index (χ1v) is 5.93. The molecule has 0 amide bonds. The third-order valence-corrected chi connectivity index (χ3v) is 2.83. The van der Waals surface area contributed by atoms with Crippen molar-refractivity contribution in [2.45, 2.75) is 13.0 Å². The second-order valence-corrected chi connectivity index (χ2v) is 4.41. The van der Waals surface area contributed by atoms with Gasteiger partial charge in [0.1, 0.15) is 17.3 Å². The number of para-hydroxylation sites is 1. The maximum Gasteiger partial charge on any atom is 0.145 e. The van der Waals surface area contributed by atoms with Gasteiger partial charge in [-0.05, 0) is 25.1 Å². The van der Waals surface area contributed by atoms with E-state index in [-0.39, 0.29) is 11.1 Å². The van der Waals surface area contributed by atoms with Crippen LogP contribution in [0.3, 0.4) is 0 Å². The first-order chi connectivity index (χ1) is 8.58. The normalized spacial score (nSPS) is 12.2. The van der Waals surface area contributed by atoms with Crippen molar-refractivity contribution >= 4 is 11.6 Å². The molecule has 0 saturated carbocycles. The molecule has 0 spiro atoms. The number of hydrogen-bond acceptors (Lipinski definition) is 2. The van der Waals surface area contributed by atoms with Crippen LogP contribution in [0.1, 0.15) is 18.5 Å². The minimum atomic E-state index is -0.507. The van der Waals surface area contributed by atoms with E-state index in [0.29, 0.717) is 11.5 Å². The zero-order chi connectivity index (χ0) is 13.1. The molecule has 18 heavy (non-hydrogen) atoms. The van der Waals surface area contributed by atoms with Crippen LogP contribution in [0.25, 0.3) is 0 Å². The van der Waals surface area contributed by atoms with Crippen molar-refractivity contribution in [1.82, 2.24) is 0 Å². The summed E-state index contributed by atoms with van der Waals surface area (Å²) in [4.78, 5) is 0. The Morgan fingerprint density at radius 1 is 1.22 bits per heavy atom. The van der Waals surface area contributed by atoms with Crippen molar-refractivity contribution in [1.29, 1.82) is 0 Å². The molecular formula is C14H13ClFNO. The molecular weight excluding hydrogens is 253 g/mol. The average Bonchev–Trinajstić information content (AvgIpc) is 2.34. The highest BCUT2D eigenvalue weighted by molar-refractivity contribution is 6.30. The van der Waals surface area contributed by atoms with E-state index < -0.39 is 5.82 Å². The summed E-state index contributed by atoms with van der Waals surface area (Å²) < 4.78 is 18.9. The molecule has 1 unspecified atom stereocenters. The fraction of sp³-hybridized carbons (Fsp3) is 0.143. The summed E-state index contributed by atoms with van der Waals surface area (Å²) in [6.45, 7) is 1.87. The zero-order valence-corrected chi connectivity index (χ0v) is 10.6. The fourth-order valence-corrected chi connectivity index (χ4v) is 1.73. The van der Waals surface area contributed by atoms with Gasteiger partial charge in [-0.3, -0.25) is 0 Å². The van der Waals surface area contributed by atoms with Crippen molar-refractivity contribution in [3.63, 3.8) is 0 Å². The topological polar surface area (TPSA) is 35.2 Å². The smallest absolute Gasteiger partial charge is 0.145 e. The Morgan fingerprint density at radius 2 is 1.94 bits per heavy atom. The molecule has 0 fully saturated rings. The lowest BCUT2D eigenvalue weighted by Crippen LogP contribution is -2.06. The fourth-order valence-electron chi connectivity index (χ4n) is 1.62. The second-order valence-electron chi connectivity index (χ2n) is 4.00. The van der Waals surface area contributed by atoms with E-state index in [1.165, 1.54) is 12.1 Å². The summed E-state index contributed by atoms with van der Waals surface area (Å²) in [6, 6.07) is 11.6. The average molecular weight is 266 g/mol. The van der Waals surface area contributed by atoms with Crippen LogP contribution in [0.15, 0.2) is 42.5 Å². The van der Waals surface area contributed by atoms with Gasteiger partial charge in [-0.15, -0.1) is 0 Å². The van der Waals surface area contributed by atoms with Crippen LogP contribution in [-0.2, 0) is 0 Å². The molecule has 2 aromatic rings. The van der Waals surface area contributed by atoms with Gasteiger partial charge in [0.05, 0.1) is 5.02 Å². The minimum absolute atomic E-state index is 0.0721. The molecule has 0 bridgehead atoms. The quantitative estimate of drug-likeness (QED) is 0.898. The summed E-state index contributed by atoms with van der Waals surface area (Å²) in [6.07, 6.45) is 0. The third-order valence-electron chi connectivity index (χ3n) is 2.53. The molecule has 0 aliphatic rings. The largest absolute Gasteiger partial charge is 0.457 e. The Balaban J connectivity index is 2.31. The number of rotatable bonds is 3. The highest BCUT2D eigenvalue weighted by atomic mass is 35.5. The lowest BCUT2D eigenvalue weighted by molar-refractivity contribution is 0.467. The van der Waals surface area contributed by atoms with Crippen LogP contribution in [-0.4, -0.2) is 0 Å². The maximum atomic E-state index is 13.3. The lowest BCUT2D eigenvalue weighted by Gasteiger charge is -2.13. The molecule has 0 aliphatic heterocycles. The number of halogens is 2. The SMILES string of the molecule is CC(N)c1ccccc1Oc1ccc(Cl)c(F)c1. The summed E-state index contributed by atoms with van der Waals surface area (Å²) >= 11 is 5.61. The van der Waals surface area contributed by atoms with E-state index in [1.807, 2.05) is 25.1 Å². The Labute approximate surface area is 110 Å². The van der Waals surface area contributed by atoms with Gasteiger partial charge in [0, 0.05) is 17.7 Å². The predicted molar refractivity (Wildman–Crippen MR) is 70.5 cm³/mol. The van der Waals surface area contributed by atoms with Crippen molar-refractivity contribution < 1.29 is 9.13 Å². The van der Waals surface area contributed by atoms with Gasteiger partial charge >= 0.3 is 0 Å². The first-order valence-electron chi connectivity index (χ1n) is 5.55. The molecule has 0 aromatic heterocycles. The first kappa shape index (κ1) is 12.9. The van der Waals surface area contributed by atoms with Crippen molar-refractivity contribution in [2.75, 3.05) is 0 Å². The van der Waals surface area contributed by atoms with Gasteiger partial charge in [0.25, 0.3) is 0 Å². The number of benzene rings is 2. The molecule has 94 valence electrons. The van der Waals surface area contributed by atoms with Gasteiger partial charge < -0.3 is 10.5 Å². The Kier molecular flexibility index (Phi) is 3.84. The molecule has 0 aliphatic carbocycles. The molecule has 2 N–H and O–H groups in total. The van der Waals surface area contributed by atoms with Crippen LogP contribution in [0.5, 0.6) is 11.5 Å². The van der Waals surface area contributed by atoms with Crippen LogP contribution in [0.4, 0.5) is 4.39 Å². The summed E-state index contributed by atoms with van der Waals surface area (Å²) in [5, 5.41) is 0.0721. The molecule has 2 rings (SSSR count). The Hall–Kier alpha value is -1.58. The number of hydrogen-bond donors (Lipinski definition) is 1. The summed E-state index contributed by atoms with van der Waals surface area (Å²) in [5.74, 6) is 0.506. The van der Waals surface area contributed by atoms with E-state index >= 15 is 0 Å². The van der Waals surface area contributed by atoms with E-state index in [9.17, 15) is 4.39 Å². The number of ether oxygens (including phenoxy) is 1. The standard InChI is InChI=1S/C14H13ClFNO/c1-9(17)11-4-2-3-5-14(11)18-10-6-7-12(15)13(16)8-10/h2-9H,17H2,1H3. The zero-order valence-electron chi connectivity index (χ0n) is 9.86. The van der Waals surface area contributed by atoms with Gasteiger partial charge in [-0.2, -0.15) is 0 Å². The summed E-state index contributed by atoms with van der Waals surface area (Å²) in [7, 11) is 0. The van der Waals surface area contributed by atoms with Crippen molar-refractivity contribution in [3.8, 4) is 11.5 Å². The maximum absolute atomic E-state index is 13.3. The third kappa shape index (κ3) is 2.81. The summed E-state index contributed by atoms with van der Waals surface area (Å²) in [5.41, 5.74) is 6.72. The monoisotopic (exact) mass is 265 g/mol. The molecule has 0 saturated heterocycles. The van der Waals surface area contributed by atoms with E-state index in [4.69, 9.17) is 22.1 Å². The van der Waals surface area contributed by atoms with Crippen molar-refractivity contribution in [3.05, 3.63) is 58.9 Å². The minimum Gasteiger partial charge on any atom is -0.457 e. The molecule has 1 atom stereocenters. The Bertz CT molecular complexity index is 557. The van der Waals surface area contributed by atoms with Crippen LogP contribution in [0.2, 0.25) is 5.02 Å². The molecule has 0 radical (unpaired) electrons. The van der Waals surface area contributed by atoms with Crippen molar-refractivity contribution in [2.24, 2.45) is 5.73 Å². The van der Waals surface area contributed by atoms with Gasteiger partial charge in [-0.1, -0.05) is 29.8 Å². The van der Waals surface area contributed by atoms with Gasteiger partial charge in [0.2, 0.25) is 0 Å². The Morgan fingerprint density at radius 3 is 2.61 bits per heavy atom. The van der Waals surface area contributed by atoms with E-state index in [2.05, 4.69) is 0 Å². The van der Waals surface area contributed by atoms with E-state index in [0.717, 1.165) is 5.56 Å². The second kappa shape index (κ2) is 5.38. The molecule has 2 aromatic carbocycles. The number of nitrogens with two attached hydrogens (primary N) is 1. The van der Waals surface area contributed by atoms with Crippen LogP contribution in [0, 0.1) is 5.82 Å². The highest BCUT2D eigenvalue weighted by Crippen LogP contribution is 2.30. The van der Waals surface area contributed by atoms with Crippen LogP contribution >= 0.6 is 11.6 Å².